The first-order valence-electron chi connectivity index (χ1n) is 12.0. The minimum absolute atomic E-state index is 0.0528. The summed E-state index contributed by atoms with van der Waals surface area (Å²) in [7, 11) is 1.56. The van der Waals surface area contributed by atoms with Gasteiger partial charge in [-0.1, -0.05) is 24.3 Å². The number of non-ortho nitro benzene ring substituents is 1. The minimum Gasteiger partial charge on any atom is -0.484 e. The van der Waals surface area contributed by atoms with E-state index < -0.39 is 4.92 Å². The lowest BCUT2D eigenvalue weighted by atomic mass is 10.0. The molecule has 0 atom stereocenters. The summed E-state index contributed by atoms with van der Waals surface area (Å²) in [6.45, 7) is 2.29. The zero-order valence-corrected chi connectivity index (χ0v) is 20.6. The maximum Gasteiger partial charge on any atom is 0.269 e. The van der Waals surface area contributed by atoms with Crippen molar-refractivity contribution in [2.75, 3.05) is 50.2 Å². The van der Waals surface area contributed by atoms with Crippen LogP contribution in [-0.2, 0) is 9.53 Å². The van der Waals surface area contributed by atoms with Crippen molar-refractivity contribution in [3.63, 3.8) is 0 Å². The molecule has 4 aromatic rings. The van der Waals surface area contributed by atoms with Gasteiger partial charge in [0.25, 0.3) is 11.6 Å². The van der Waals surface area contributed by atoms with Crippen LogP contribution in [0.4, 0.5) is 17.1 Å². The van der Waals surface area contributed by atoms with Gasteiger partial charge in [0, 0.05) is 41.6 Å². The van der Waals surface area contributed by atoms with Crippen LogP contribution in [0.15, 0.2) is 66.7 Å². The number of nitro benzene ring substituents is 1. The number of ether oxygens (including phenoxy) is 3. The van der Waals surface area contributed by atoms with Crippen LogP contribution in [0, 0.1) is 10.1 Å². The Morgan fingerprint density at radius 2 is 1.79 bits per heavy atom. The molecule has 0 aliphatic carbocycles. The van der Waals surface area contributed by atoms with Gasteiger partial charge < -0.3 is 24.4 Å². The molecule has 2 heterocycles. The van der Waals surface area contributed by atoms with Gasteiger partial charge in [-0.15, -0.1) is 10.2 Å². The normalized spacial score (nSPS) is 13.2. The lowest BCUT2D eigenvalue weighted by Crippen LogP contribution is -2.37. The van der Waals surface area contributed by atoms with Crippen molar-refractivity contribution in [2.45, 2.75) is 0 Å². The highest BCUT2D eigenvalue weighted by atomic mass is 16.6. The molecule has 1 aliphatic rings. The topological polar surface area (TPSA) is 129 Å². The van der Waals surface area contributed by atoms with E-state index in [0.29, 0.717) is 49.3 Å². The minimum atomic E-state index is -0.493. The first-order chi connectivity index (χ1) is 18.5. The molecule has 11 nitrogen and oxygen atoms in total. The summed E-state index contributed by atoms with van der Waals surface area (Å²) in [6.07, 6.45) is 0. The first kappa shape index (κ1) is 24.9. The Bertz CT molecular complexity index is 1470. The third-order valence-electron chi connectivity index (χ3n) is 6.16. The van der Waals surface area contributed by atoms with Crippen molar-refractivity contribution in [3.8, 4) is 22.9 Å². The van der Waals surface area contributed by atoms with Crippen molar-refractivity contribution < 1.29 is 23.9 Å². The molecule has 1 N–H and O–H groups in total. The van der Waals surface area contributed by atoms with Crippen LogP contribution in [-0.4, -0.2) is 61.0 Å². The van der Waals surface area contributed by atoms with Gasteiger partial charge in [-0.2, -0.15) is 0 Å². The number of morpholine rings is 1. The number of methoxy groups -OCH3 is 1. The van der Waals surface area contributed by atoms with Crippen LogP contribution >= 0.6 is 0 Å². The van der Waals surface area contributed by atoms with E-state index in [1.165, 1.54) is 24.3 Å². The molecule has 1 amide bonds. The molecule has 0 spiro atoms. The van der Waals surface area contributed by atoms with Crippen LogP contribution < -0.4 is 19.7 Å². The quantitative estimate of drug-likeness (QED) is 0.273. The second-order valence-electron chi connectivity index (χ2n) is 8.52. The molecule has 0 bridgehead atoms. The second kappa shape index (κ2) is 11.1. The van der Waals surface area contributed by atoms with Crippen LogP contribution in [0.1, 0.15) is 0 Å². The van der Waals surface area contributed by atoms with E-state index in [2.05, 4.69) is 20.4 Å². The van der Waals surface area contributed by atoms with Gasteiger partial charge in [-0.05, 0) is 30.3 Å². The van der Waals surface area contributed by atoms with E-state index in [1.54, 1.807) is 7.11 Å². The van der Waals surface area contributed by atoms with Crippen LogP contribution in [0.3, 0.4) is 0 Å². The Balaban J connectivity index is 1.43. The molecule has 38 heavy (non-hydrogen) atoms. The predicted octanol–water partition coefficient (Wildman–Crippen LogP) is 4.07. The van der Waals surface area contributed by atoms with E-state index in [0.717, 1.165) is 22.0 Å². The number of anilines is 2. The molecule has 0 unspecified atom stereocenters. The Labute approximate surface area is 218 Å². The predicted molar refractivity (Wildman–Crippen MR) is 142 cm³/mol. The van der Waals surface area contributed by atoms with E-state index in [-0.39, 0.29) is 18.2 Å². The standard InChI is InChI=1S/C27H25N5O6/c1-36-27-22-5-3-2-4-21(22)26(29-30-27)18-6-11-24(31-12-14-37-15-13-31)23(16-18)28-25(33)17-38-20-9-7-19(8-10-20)32(34)35/h2-11,16H,12-15,17H2,1H3,(H,28,33). The molecular formula is C27H25N5O6. The van der Waals surface area contributed by atoms with Gasteiger partial charge in [0.2, 0.25) is 5.88 Å². The summed E-state index contributed by atoms with van der Waals surface area (Å²) in [4.78, 5) is 25.4. The molecular weight excluding hydrogens is 490 g/mol. The lowest BCUT2D eigenvalue weighted by Gasteiger charge is -2.30. The van der Waals surface area contributed by atoms with Crippen LogP contribution in [0.5, 0.6) is 11.6 Å². The fourth-order valence-corrected chi connectivity index (χ4v) is 4.31. The van der Waals surface area contributed by atoms with E-state index >= 15 is 0 Å². The van der Waals surface area contributed by atoms with Crippen LogP contribution in [0.2, 0.25) is 0 Å². The lowest BCUT2D eigenvalue weighted by molar-refractivity contribution is -0.384. The number of hydrogen-bond donors (Lipinski definition) is 1. The van der Waals surface area contributed by atoms with E-state index in [9.17, 15) is 14.9 Å². The first-order valence-corrected chi connectivity index (χ1v) is 12.0. The number of carbonyl (C=O) groups is 1. The second-order valence-corrected chi connectivity index (χ2v) is 8.52. The number of carbonyl (C=O) groups excluding carboxylic acids is 1. The highest BCUT2D eigenvalue weighted by molar-refractivity contribution is 6.00. The van der Waals surface area contributed by atoms with Crippen molar-refractivity contribution in [2.24, 2.45) is 0 Å². The summed E-state index contributed by atoms with van der Waals surface area (Å²) in [5.41, 5.74) is 2.84. The molecule has 194 valence electrons. The van der Waals surface area contributed by atoms with Crippen molar-refractivity contribution >= 4 is 33.7 Å². The highest BCUT2D eigenvalue weighted by Crippen LogP contribution is 2.35. The Morgan fingerprint density at radius 1 is 1.05 bits per heavy atom. The zero-order chi connectivity index (χ0) is 26.5. The number of aromatic nitrogens is 2. The van der Waals surface area contributed by atoms with Gasteiger partial charge in [0.05, 0.1) is 36.6 Å². The number of nitro groups is 1. The fraction of sp³-hybridized carbons (Fsp3) is 0.222. The summed E-state index contributed by atoms with van der Waals surface area (Å²) in [5.74, 6) is 0.416. The molecule has 1 aliphatic heterocycles. The number of nitrogens with zero attached hydrogens (tertiary/aromatic N) is 4. The third-order valence-corrected chi connectivity index (χ3v) is 6.16. The SMILES string of the molecule is COc1nnc(-c2ccc(N3CCOCC3)c(NC(=O)COc3ccc([N+](=O)[O-])cc3)c2)c2ccccc12. The Morgan fingerprint density at radius 3 is 2.50 bits per heavy atom. The summed E-state index contributed by atoms with van der Waals surface area (Å²) in [5, 5.41) is 24.2. The maximum absolute atomic E-state index is 12.9. The molecule has 1 saturated heterocycles. The summed E-state index contributed by atoms with van der Waals surface area (Å²) >= 11 is 0. The Hall–Kier alpha value is -4.77. The number of amides is 1. The van der Waals surface area contributed by atoms with Crippen LogP contribution in [0.25, 0.3) is 22.0 Å². The Kier molecular flexibility index (Phi) is 7.27. The number of rotatable bonds is 8. The van der Waals surface area contributed by atoms with Gasteiger partial charge >= 0.3 is 0 Å². The molecule has 1 fully saturated rings. The molecule has 0 radical (unpaired) electrons. The molecule has 3 aromatic carbocycles. The van der Waals surface area contributed by atoms with Crippen molar-refractivity contribution in [3.05, 3.63) is 76.8 Å². The number of benzene rings is 3. The summed E-state index contributed by atoms with van der Waals surface area (Å²) < 4.78 is 16.4. The van der Waals surface area contributed by atoms with Gasteiger partial charge in [-0.3, -0.25) is 14.9 Å². The molecule has 0 saturated carbocycles. The average Bonchev–Trinajstić information content (AvgIpc) is 2.96. The zero-order valence-electron chi connectivity index (χ0n) is 20.6. The smallest absolute Gasteiger partial charge is 0.269 e. The maximum atomic E-state index is 12.9. The molecule has 5 rings (SSSR count). The van der Waals surface area contributed by atoms with Crippen molar-refractivity contribution in [1.82, 2.24) is 10.2 Å². The average molecular weight is 516 g/mol. The highest BCUT2D eigenvalue weighted by Gasteiger charge is 2.19. The monoisotopic (exact) mass is 515 g/mol. The number of fused-ring (bicyclic) bond motifs is 1. The van der Waals surface area contributed by atoms with Crippen molar-refractivity contribution in [1.29, 1.82) is 0 Å². The van der Waals surface area contributed by atoms with Gasteiger partial charge in [0.15, 0.2) is 6.61 Å². The molecule has 11 heteroatoms. The van der Waals surface area contributed by atoms with E-state index in [1.807, 2.05) is 42.5 Å². The summed E-state index contributed by atoms with van der Waals surface area (Å²) in [6, 6.07) is 19.1. The fourth-order valence-electron chi connectivity index (χ4n) is 4.31. The number of hydrogen-bond acceptors (Lipinski definition) is 9. The van der Waals surface area contributed by atoms with E-state index in [4.69, 9.17) is 14.2 Å². The largest absolute Gasteiger partial charge is 0.484 e. The third kappa shape index (κ3) is 5.32. The van der Waals surface area contributed by atoms with Gasteiger partial charge in [-0.25, -0.2) is 0 Å². The van der Waals surface area contributed by atoms with Gasteiger partial charge in [0.1, 0.15) is 11.4 Å². The number of nitrogens with one attached hydrogen (secondary N) is 1. The molecule has 1 aromatic heterocycles.